The highest BCUT2D eigenvalue weighted by atomic mass is 16.1. The largest absolute Gasteiger partial charge is 0.299 e. The molecule has 0 saturated carbocycles. The fourth-order valence-electron chi connectivity index (χ4n) is 2.74. The molecule has 2 nitrogen and oxygen atoms in total. The van der Waals surface area contributed by atoms with Gasteiger partial charge in [0.1, 0.15) is 5.78 Å². The van der Waals surface area contributed by atoms with Crippen LogP contribution in [0.1, 0.15) is 62.5 Å². The Morgan fingerprint density at radius 2 is 1.72 bits per heavy atom. The van der Waals surface area contributed by atoms with E-state index in [-0.39, 0.29) is 17.0 Å². The van der Waals surface area contributed by atoms with Crippen molar-refractivity contribution in [1.29, 1.82) is 0 Å². The van der Waals surface area contributed by atoms with Crippen molar-refractivity contribution < 1.29 is 9.59 Å². The van der Waals surface area contributed by atoms with Crippen LogP contribution in [-0.2, 0) is 15.6 Å². The summed E-state index contributed by atoms with van der Waals surface area (Å²) in [5, 5.41) is 0. The number of ketones is 2. The lowest BCUT2D eigenvalue weighted by molar-refractivity contribution is -0.125. The Labute approximate surface area is 108 Å². The molecule has 0 heterocycles. The van der Waals surface area contributed by atoms with E-state index in [0.29, 0.717) is 6.42 Å². The summed E-state index contributed by atoms with van der Waals surface area (Å²) >= 11 is 0. The van der Waals surface area contributed by atoms with Crippen molar-refractivity contribution in [2.45, 2.75) is 51.9 Å². The molecule has 2 heteroatoms. The second-order valence-electron chi connectivity index (χ2n) is 6.43. The zero-order valence-electron chi connectivity index (χ0n) is 11.8. The number of rotatable bonds is 1. The number of benzene rings is 1. The maximum Gasteiger partial charge on any atom is 0.159 e. The van der Waals surface area contributed by atoms with Crippen LogP contribution in [0.25, 0.3) is 0 Å². The topological polar surface area (TPSA) is 34.1 Å². The zero-order chi connectivity index (χ0) is 13.7. The summed E-state index contributed by atoms with van der Waals surface area (Å²) in [4.78, 5) is 23.7. The van der Waals surface area contributed by atoms with Gasteiger partial charge in [0.25, 0.3) is 0 Å². The molecule has 0 saturated heterocycles. The Kier molecular flexibility index (Phi) is 2.73. The Bertz CT molecular complexity index is 536. The highest BCUT2D eigenvalue weighted by Crippen LogP contribution is 2.43. The van der Waals surface area contributed by atoms with E-state index in [1.165, 1.54) is 0 Å². The Hall–Kier alpha value is -1.44. The summed E-state index contributed by atoms with van der Waals surface area (Å²) in [7, 11) is 0. The molecule has 0 bridgehead atoms. The van der Waals surface area contributed by atoms with Crippen LogP contribution in [0.15, 0.2) is 18.2 Å². The fourth-order valence-corrected chi connectivity index (χ4v) is 2.74. The highest BCUT2D eigenvalue weighted by molar-refractivity contribution is 5.96. The number of hydrogen-bond acceptors (Lipinski definition) is 2. The van der Waals surface area contributed by atoms with Crippen LogP contribution >= 0.6 is 0 Å². The first-order valence-electron chi connectivity index (χ1n) is 6.35. The Morgan fingerprint density at radius 3 is 2.28 bits per heavy atom. The van der Waals surface area contributed by atoms with Gasteiger partial charge in [-0.15, -0.1) is 0 Å². The SMILES string of the molecule is CC(=O)c1ccc2c(c1)C(C)(C)CC(=O)C2(C)C. The molecule has 1 aliphatic rings. The van der Waals surface area contributed by atoms with Crippen molar-refractivity contribution in [1.82, 2.24) is 0 Å². The molecule has 0 aromatic heterocycles. The molecular formula is C16H20O2. The predicted octanol–water partition coefficient (Wildman–Crippen LogP) is 3.42. The van der Waals surface area contributed by atoms with Crippen LogP contribution in [0.3, 0.4) is 0 Å². The van der Waals surface area contributed by atoms with Gasteiger partial charge in [0.15, 0.2) is 5.78 Å². The van der Waals surface area contributed by atoms with Gasteiger partial charge in [-0.3, -0.25) is 9.59 Å². The normalized spacial score (nSPS) is 20.4. The van der Waals surface area contributed by atoms with Crippen LogP contribution < -0.4 is 0 Å². The average molecular weight is 244 g/mol. The fraction of sp³-hybridized carbons (Fsp3) is 0.500. The van der Waals surface area contributed by atoms with Gasteiger partial charge in [-0.05, 0) is 43.4 Å². The van der Waals surface area contributed by atoms with E-state index in [1.807, 2.05) is 32.0 Å². The summed E-state index contributed by atoms with van der Waals surface area (Å²) < 4.78 is 0. The molecule has 0 atom stereocenters. The van der Waals surface area contributed by atoms with Crippen molar-refractivity contribution in [3.05, 3.63) is 34.9 Å². The van der Waals surface area contributed by atoms with E-state index < -0.39 is 5.41 Å². The second-order valence-corrected chi connectivity index (χ2v) is 6.43. The van der Waals surface area contributed by atoms with E-state index >= 15 is 0 Å². The van der Waals surface area contributed by atoms with Crippen LogP contribution in [0, 0.1) is 0 Å². The molecule has 96 valence electrons. The maximum absolute atomic E-state index is 12.2. The summed E-state index contributed by atoms with van der Waals surface area (Å²) in [5.74, 6) is 0.346. The zero-order valence-corrected chi connectivity index (χ0v) is 11.8. The van der Waals surface area contributed by atoms with Gasteiger partial charge in [-0.2, -0.15) is 0 Å². The van der Waals surface area contributed by atoms with Gasteiger partial charge in [0.2, 0.25) is 0 Å². The van der Waals surface area contributed by atoms with E-state index in [0.717, 1.165) is 16.7 Å². The van der Waals surface area contributed by atoms with E-state index in [4.69, 9.17) is 0 Å². The molecule has 0 spiro atoms. The molecule has 18 heavy (non-hydrogen) atoms. The summed E-state index contributed by atoms with van der Waals surface area (Å²) in [5.41, 5.74) is 2.30. The third-order valence-electron chi connectivity index (χ3n) is 4.13. The Morgan fingerprint density at radius 1 is 1.11 bits per heavy atom. The maximum atomic E-state index is 12.2. The van der Waals surface area contributed by atoms with Gasteiger partial charge < -0.3 is 0 Å². The average Bonchev–Trinajstić information content (AvgIpc) is 2.26. The Balaban J connectivity index is 2.71. The standard InChI is InChI=1S/C16H20O2/c1-10(17)11-6-7-12-13(8-11)15(2,3)9-14(18)16(12,4)5/h6-8H,9H2,1-5H3. The molecule has 1 aliphatic carbocycles. The minimum absolute atomic E-state index is 0.0725. The molecule has 0 aliphatic heterocycles. The van der Waals surface area contributed by atoms with E-state index in [2.05, 4.69) is 13.8 Å². The lowest BCUT2D eigenvalue weighted by atomic mass is 9.62. The van der Waals surface area contributed by atoms with E-state index in [1.54, 1.807) is 6.92 Å². The molecule has 0 fully saturated rings. The monoisotopic (exact) mass is 244 g/mol. The number of hydrogen-bond donors (Lipinski definition) is 0. The molecular weight excluding hydrogens is 224 g/mol. The van der Waals surface area contributed by atoms with Crippen LogP contribution in [0.2, 0.25) is 0 Å². The molecule has 1 aromatic carbocycles. The summed E-state index contributed by atoms with van der Waals surface area (Å²) in [6, 6.07) is 5.74. The molecule has 2 rings (SSSR count). The number of Topliss-reactive ketones (excluding diaryl/α,β-unsaturated/α-hetero) is 2. The van der Waals surface area contributed by atoms with Gasteiger partial charge in [0.05, 0.1) is 0 Å². The second kappa shape index (κ2) is 3.78. The first-order valence-corrected chi connectivity index (χ1v) is 6.35. The molecule has 0 amide bonds. The number of carbonyl (C=O) groups is 2. The van der Waals surface area contributed by atoms with Crippen LogP contribution in [0.5, 0.6) is 0 Å². The third-order valence-corrected chi connectivity index (χ3v) is 4.13. The first kappa shape index (κ1) is 13.0. The van der Waals surface area contributed by atoms with Crippen molar-refractivity contribution >= 4 is 11.6 Å². The smallest absolute Gasteiger partial charge is 0.159 e. The van der Waals surface area contributed by atoms with E-state index in [9.17, 15) is 9.59 Å². The quantitative estimate of drug-likeness (QED) is 0.709. The van der Waals surface area contributed by atoms with Crippen LogP contribution in [0.4, 0.5) is 0 Å². The van der Waals surface area contributed by atoms with Crippen molar-refractivity contribution in [2.75, 3.05) is 0 Å². The first-order chi connectivity index (χ1) is 8.16. The van der Waals surface area contributed by atoms with Crippen LogP contribution in [-0.4, -0.2) is 11.6 Å². The van der Waals surface area contributed by atoms with Gasteiger partial charge in [-0.1, -0.05) is 26.0 Å². The highest BCUT2D eigenvalue weighted by Gasteiger charge is 2.43. The van der Waals surface area contributed by atoms with Gasteiger partial charge in [0, 0.05) is 17.4 Å². The van der Waals surface area contributed by atoms with Gasteiger partial charge in [-0.25, -0.2) is 0 Å². The van der Waals surface area contributed by atoms with Crippen molar-refractivity contribution in [2.24, 2.45) is 0 Å². The minimum Gasteiger partial charge on any atom is -0.299 e. The lowest BCUT2D eigenvalue weighted by Crippen LogP contribution is -2.42. The molecule has 1 aromatic rings. The predicted molar refractivity (Wildman–Crippen MR) is 72.1 cm³/mol. The summed E-state index contributed by atoms with van der Waals surface area (Å²) in [6.45, 7) is 9.66. The summed E-state index contributed by atoms with van der Waals surface area (Å²) in [6.07, 6.45) is 0.536. The number of carbonyl (C=O) groups excluding carboxylic acids is 2. The van der Waals surface area contributed by atoms with Gasteiger partial charge >= 0.3 is 0 Å². The minimum atomic E-state index is -0.444. The molecule has 0 radical (unpaired) electrons. The van der Waals surface area contributed by atoms with Crippen molar-refractivity contribution in [3.63, 3.8) is 0 Å². The molecule has 0 N–H and O–H groups in total. The molecule has 0 unspecified atom stereocenters. The van der Waals surface area contributed by atoms with Crippen molar-refractivity contribution in [3.8, 4) is 0 Å². The number of fused-ring (bicyclic) bond motifs is 1. The third kappa shape index (κ3) is 1.80. The lowest BCUT2D eigenvalue weighted by Gasteiger charge is -2.40.